The quantitative estimate of drug-likeness (QED) is 0.702. The molecule has 1 fully saturated rings. The number of carbonyl (C=O) groups excluding carboxylic acids is 2. The van der Waals surface area contributed by atoms with Gasteiger partial charge in [0.25, 0.3) is 5.91 Å². The lowest BCUT2D eigenvalue weighted by molar-refractivity contribution is -0.112. The largest absolute Gasteiger partial charge is 0.446 e. The van der Waals surface area contributed by atoms with Crippen LogP contribution in [0.3, 0.4) is 0 Å². The van der Waals surface area contributed by atoms with Gasteiger partial charge in [0, 0.05) is 5.75 Å². The fraction of sp³-hybridized carbons (Fsp3) is 0.545. The van der Waals surface area contributed by atoms with E-state index >= 15 is 0 Å². The van der Waals surface area contributed by atoms with Crippen molar-refractivity contribution in [2.75, 3.05) is 5.75 Å². The number of oxazole rings is 1. The van der Waals surface area contributed by atoms with Crippen molar-refractivity contribution in [1.82, 2.24) is 10.3 Å². The Hall–Kier alpha value is -1.38. The fourth-order valence-electron chi connectivity index (χ4n) is 1.61. The molecule has 1 saturated heterocycles. The smallest absolute Gasteiger partial charge is 0.273 e. The number of carbonyl (C=O) groups is 2. The van der Waals surface area contributed by atoms with E-state index in [1.54, 1.807) is 0 Å². The molecule has 1 aromatic heterocycles. The number of aliphatic hydroxyl groups is 1. The van der Waals surface area contributed by atoms with Gasteiger partial charge in [0.15, 0.2) is 5.69 Å². The van der Waals surface area contributed by atoms with Gasteiger partial charge >= 0.3 is 0 Å². The first-order chi connectivity index (χ1) is 8.99. The van der Waals surface area contributed by atoms with Gasteiger partial charge in [-0.05, 0) is 13.3 Å². The Kier molecular flexibility index (Phi) is 4.23. The number of thioether (sulfide) groups is 1. The summed E-state index contributed by atoms with van der Waals surface area (Å²) in [6, 6.07) is -1.26. The maximum Gasteiger partial charge on any atom is 0.273 e. The Morgan fingerprint density at radius 3 is 3.05 bits per heavy atom. The average Bonchev–Trinajstić information content (AvgIpc) is 2.98. The zero-order valence-electron chi connectivity index (χ0n) is 10.3. The number of aromatic nitrogens is 1. The maximum atomic E-state index is 11.9. The second kappa shape index (κ2) is 5.72. The molecule has 8 heteroatoms. The van der Waals surface area contributed by atoms with E-state index in [2.05, 4.69) is 10.3 Å². The van der Waals surface area contributed by atoms with E-state index in [1.807, 2.05) is 0 Å². The Morgan fingerprint density at radius 1 is 1.74 bits per heavy atom. The lowest BCUT2D eigenvalue weighted by atomic mass is 10.2. The molecule has 1 amide bonds. The topological polar surface area (TPSA) is 118 Å². The van der Waals surface area contributed by atoms with Crippen LogP contribution in [0.15, 0.2) is 10.7 Å². The van der Waals surface area contributed by atoms with Crippen molar-refractivity contribution < 1.29 is 19.1 Å². The predicted molar refractivity (Wildman–Crippen MR) is 68.4 cm³/mol. The molecule has 4 N–H and O–H groups in total. The second-order valence-corrected chi connectivity index (χ2v) is 5.42. The maximum absolute atomic E-state index is 11.9. The molecule has 0 radical (unpaired) electrons. The number of amides is 1. The van der Waals surface area contributed by atoms with Gasteiger partial charge in [0.1, 0.15) is 12.3 Å². The molecule has 0 saturated carbocycles. The van der Waals surface area contributed by atoms with E-state index in [4.69, 9.17) is 10.2 Å². The van der Waals surface area contributed by atoms with Crippen molar-refractivity contribution in [3.8, 4) is 0 Å². The van der Waals surface area contributed by atoms with Gasteiger partial charge in [-0.15, -0.1) is 0 Å². The van der Waals surface area contributed by atoms with Gasteiger partial charge in [-0.3, -0.25) is 9.59 Å². The Balaban J connectivity index is 2.02. The van der Waals surface area contributed by atoms with Crippen LogP contribution in [0.5, 0.6) is 0 Å². The summed E-state index contributed by atoms with van der Waals surface area (Å²) in [5, 5.41) is 11.9. The van der Waals surface area contributed by atoms with Gasteiger partial charge in [0.2, 0.25) is 11.0 Å². The van der Waals surface area contributed by atoms with Crippen molar-refractivity contribution in [2.24, 2.45) is 5.73 Å². The van der Waals surface area contributed by atoms with Crippen LogP contribution in [-0.2, 0) is 4.79 Å². The highest BCUT2D eigenvalue weighted by Crippen LogP contribution is 2.20. The average molecular weight is 285 g/mol. The summed E-state index contributed by atoms with van der Waals surface area (Å²) in [4.78, 5) is 27.2. The van der Waals surface area contributed by atoms with Crippen LogP contribution >= 0.6 is 11.8 Å². The number of nitrogens with zero attached hydrogens (tertiary/aromatic N) is 1. The summed E-state index contributed by atoms with van der Waals surface area (Å²) >= 11 is 1.21. The van der Waals surface area contributed by atoms with Crippen LogP contribution in [0.1, 0.15) is 35.8 Å². The third-order valence-corrected chi connectivity index (χ3v) is 3.81. The highest BCUT2D eigenvalue weighted by Gasteiger charge is 2.28. The SMILES string of the molecule is CC(O)C(N)c1nc(C(=O)NC2CCSC2=O)co1. The van der Waals surface area contributed by atoms with Gasteiger partial charge in [-0.2, -0.15) is 0 Å². The number of aliphatic hydroxyl groups excluding tert-OH is 1. The first kappa shape index (κ1) is 14.0. The number of hydrogen-bond donors (Lipinski definition) is 3. The molecule has 0 aromatic carbocycles. The third kappa shape index (κ3) is 3.14. The van der Waals surface area contributed by atoms with E-state index in [-0.39, 0.29) is 16.7 Å². The van der Waals surface area contributed by atoms with Gasteiger partial charge < -0.3 is 20.6 Å². The Labute approximate surface area is 113 Å². The first-order valence-corrected chi connectivity index (χ1v) is 6.84. The number of hydrogen-bond acceptors (Lipinski definition) is 7. The monoisotopic (exact) mass is 285 g/mol. The molecule has 0 spiro atoms. The molecule has 2 rings (SSSR count). The molecule has 3 unspecified atom stereocenters. The molecular formula is C11H15N3O4S. The first-order valence-electron chi connectivity index (χ1n) is 5.85. The van der Waals surface area contributed by atoms with Crippen molar-refractivity contribution in [3.63, 3.8) is 0 Å². The minimum absolute atomic E-state index is 0.0437. The van der Waals surface area contributed by atoms with Crippen molar-refractivity contribution >= 4 is 22.8 Å². The van der Waals surface area contributed by atoms with E-state index in [9.17, 15) is 14.7 Å². The molecule has 104 valence electrons. The van der Waals surface area contributed by atoms with Crippen molar-refractivity contribution in [2.45, 2.75) is 31.5 Å². The molecular weight excluding hydrogens is 270 g/mol. The van der Waals surface area contributed by atoms with Crippen LogP contribution < -0.4 is 11.1 Å². The third-order valence-electron chi connectivity index (χ3n) is 2.80. The number of rotatable bonds is 4. The second-order valence-electron chi connectivity index (χ2n) is 4.32. The van der Waals surface area contributed by atoms with Gasteiger partial charge in [-0.1, -0.05) is 11.8 Å². The summed E-state index contributed by atoms with van der Waals surface area (Å²) in [5.74, 6) is 0.321. The summed E-state index contributed by atoms with van der Waals surface area (Å²) in [7, 11) is 0. The normalized spacial score (nSPS) is 22.3. The van der Waals surface area contributed by atoms with E-state index < -0.39 is 24.1 Å². The van der Waals surface area contributed by atoms with Crippen LogP contribution in [0.2, 0.25) is 0 Å². The highest BCUT2D eigenvalue weighted by atomic mass is 32.2. The molecule has 1 aromatic rings. The molecule has 2 heterocycles. The lowest BCUT2D eigenvalue weighted by Crippen LogP contribution is -2.37. The van der Waals surface area contributed by atoms with E-state index in [0.717, 1.165) is 0 Å². The predicted octanol–water partition coefficient (Wildman–Crippen LogP) is -0.183. The van der Waals surface area contributed by atoms with Crippen LogP contribution in [0.25, 0.3) is 0 Å². The number of nitrogens with one attached hydrogen (secondary N) is 1. The van der Waals surface area contributed by atoms with Crippen LogP contribution in [0, 0.1) is 0 Å². The molecule has 19 heavy (non-hydrogen) atoms. The van der Waals surface area contributed by atoms with Gasteiger partial charge in [0.05, 0.1) is 12.1 Å². The fourth-order valence-corrected chi connectivity index (χ4v) is 2.54. The van der Waals surface area contributed by atoms with Crippen LogP contribution in [0.4, 0.5) is 0 Å². The number of nitrogens with two attached hydrogens (primary N) is 1. The molecule has 0 aliphatic carbocycles. The molecule has 1 aliphatic rings. The molecule has 0 bridgehead atoms. The summed E-state index contributed by atoms with van der Waals surface area (Å²) < 4.78 is 5.05. The van der Waals surface area contributed by atoms with Crippen LogP contribution in [-0.4, -0.2) is 39.0 Å². The Morgan fingerprint density at radius 2 is 2.47 bits per heavy atom. The lowest BCUT2D eigenvalue weighted by Gasteiger charge is -2.09. The zero-order valence-corrected chi connectivity index (χ0v) is 11.1. The summed E-state index contributed by atoms with van der Waals surface area (Å²) in [6.45, 7) is 1.50. The van der Waals surface area contributed by atoms with Crippen molar-refractivity contribution in [3.05, 3.63) is 17.8 Å². The van der Waals surface area contributed by atoms with Crippen molar-refractivity contribution in [1.29, 1.82) is 0 Å². The van der Waals surface area contributed by atoms with E-state index in [0.29, 0.717) is 12.2 Å². The molecule has 7 nitrogen and oxygen atoms in total. The molecule has 3 atom stereocenters. The minimum atomic E-state index is -0.831. The molecule has 1 aliphatic heterocycles. The minimum Gasteiger partial charge on any atom is -0.446 e. The highest BCUT2D eigenvalue weighted by molar-refractivity contribution is 8.14. The summed E-state index contributed by atoms with van der Waals surface area (Å²) in [6.07, 6.45) is 0.953. The summed E-state index contributed by atoms with van der Waals surface area (Å²) in [5.41, 5.74) is 5.69. The zero-order chi connectivity index (χ0) is 14.0. The van der Waals surface area contributed by atoms with E-state index in [1.165, 1.54) is 24.9 Å². The standard InChI is InChI=1S/C11H15N3O4S/c1-5(15)8(12)10-14-7(4-18-10)9(16)13-6-2-3-19-11(6)17/h4-6,8,15H,2-3,12H2,1H3,(H,13,16). The van der Waals surface area contributed by atoms with Gasteiger partial charge in [-0.25, -0.2) is 4.98 Å². The Bertz CT molecular complexity index is 488.